The second-order valence-electron chi connectivity index (χ2n) is 4.14. The van der Waals surface area contributed by atoms with Gasteiger partial charge in [-0.1, -0.05) is 30.3 Å². The first-order valence-electron chi connectivity index (χ1n) is 5.68. The Balaban J connectivity index is 2.31. The first-order valence-corrected chi connectivity index (χ1v) is 5.68. The van der Waals surface area contributed by atoms with Gasteiger partial charge in [0.25, 0.3) is 0 Å². The largest absolute Gasteiger partial charge is 0.329 e. The molecule has 2 nitrogen and oxygen atoms in total. The fourth-order valence-electron chi connectivity index (χ4n) is 1.66. The summed E-state index contributed by atoms with van der Waals surface area (Å²) in [5.41, 5.74) is 6.95. The Labute approximate surface area is 93.1 Å². The predicted octanol–water partition coefficient (Wildman–Crippen LogP) is 1.90. The Morgan fingerprint density at radius 1 is 1.27 bits per heavy atom. The van der Waals surface area contributed by atoms with E-state index in [-0.39, 0.29) is 0 Å². The first-order chi connectivity index (χ1) is 7.24. The van der Waals surface area contributed by atoms with Crippen LogP contribution in [0.4, 0.5) is 0 Å². The maximum Gasteiger partial charge on any atom is 0.0104 e. The molecule has 1 unspecified atom stereocenters. The number of hydrogen-bond donors (Lipinski definition) is 1. The van der Waals surface area contributed by atoms with Crippen molar-refractivity contribution >= 4 is 0 Å². The fourth-order valence-corrected chi connectivity index (χ4v) is 1.66. The molecule has 0 aliphatic rings. The first kappa shape index (κ1) is 12.2. The van der Waals surface area contributed by atoms with Crippen LogP contribution in [0.25, 0.3) is 0 Å². The Morgan fingerprint density at radius 3 is 2.53 bits per heavy atom. The van der Waals surface area contributed by atoms with Gasteiger partial charge in [0.05, 0.1) is 0 Å². The zero-order chi connectivity index (χ0) is 11.1. The highest BCUT2D eigenvalue weighted by atomic mass is 15.1. The number of nitrogens with zero attached hydrogens (tertiary/aromatic N) is 1. The van der Waals surface area contributed by atoms with E-state index in [9.17, 15) is 0 Å². The van der Waals surface area contributed by atoms with Gasteiger partial charge in [0.2, 0.25) is 0 Å². The third-order valence-corrected chi connectivity index (χ3v) is 2.93. The molecule has 2 N–H and O–H groups in total. The molecule has 1 aromatic rings. The zero-order valence-electron chi connectivity index (χ0n) is 9.82. The van der Waals surface area contributed by atoms with Crippen LogP contribution in [0.1, 0.15) is 18.9 Å². The highest BCUT2D eigenvalue weighted by Gasteiger charge is 2.07. The van der Waals surface area contributed by atoms with Gasteiger partial charge in [0.15, 0.2) is 0 Å². The SMILES string of the molecule is CC(CCc1ccccc1)N(C)CCN. The van der Waals surface area contributed by atoms with Crippen molar-refractivity contribution in [2.75, 3.05) is 20.1 Å². The molecule has 0 bridgehead atoms. The van der Waals surface area contributed by atoms with E-state index >= 15 is 0 Å². The van der Waals surface area contributed by atoms with Crippen molar-refractivity contribution < 1.29 is 0 Å². The molecule has 0 aromatic heterocycles. The van der Waals surface area contributed by atoms with E-state index in [0.29, 0.717) is 6.04 Å². The van der Waals surface area contributed by atoms with Crippen LogP contribution in [0.15, 0.2) is 30.3 Å². The van der Waals surface area contributed by atoms with Gasteiger partial charge >= 0.3 is 0 Å². The number of likely N-dealkylation sites (N-methyl/N-ethyl adjacent to an activating group) is 1. The quantitative estimate of drug-likeness (QED) is 0.770. The Bertz CT molecular complexity index is 258. The topological polar surface area (TPSA) is 29.3 Å². The highest BCUT2D eigenvalue weighted by molar-refractivity contribution is 5.14. The van der Waals surface area contributed by atoms with Gasteiger partial charge in [-0.2, -0.15) is 0 Å². The smallest absolute Gasteiger partial charge is 0.0104 e. The van der Waals surface area contributed by atoms with E-state index in [1.54, 1.807) is 0 Å². The summed E-state index contributed by atoms with van der Waals surface area (Å²) in [6.07, 6.45) is 2.34. The number of rotatable bonds is 6. The van der Waals surface area contributed by atoms with Crippen LogP contribution in [0.2, 0.25) is 0 Å². The lowest BCUT2D eigenvalue weighted by atomic mass is 10.1. The van der Waals surface area contributed by atoms with Crippen LogP contribution in [0, 0.1) is 0 Å². The van der Waals surface area contributed by atoms with Crippen molar-refractivity contribution in [1.29, 1.82) is 0 Å². The van der Waals surface area contributed by atoms with Crippen molar-refractivity contribution in [3.63, 3.8) is 0 Å². The van der Waals surface area contributed by atoms with Crippen LogP contribution < -0.4 is 5.73 Å². The summed E-state index contributed by atoms with van der Waals surface area (Å²) < 4.78 is 0. The summed E-state index contributed by atoms with van der Waals surface area (Å²) in [6.45, 7) is 3.99. The molecule has 15 heavy (non-hydrogen) atoms. The van der Waals surface area contributed by atoms with Crippen LogP contribution in [-0.4, -0.2) is 31.1 Å². The average molecular weight is 206 g/mol. The van der Waals surface area contributed by atoms with Gasteiger partial charge in [-0.05, 0) is 32.4 Å². The van der Waals surface area contributed by atoms with Gasteiger partial charge in [-0.25, -0.2) is 0 Å². The maximum absolute atomic E-state index is 5.53. The molecule has 0 amide bonds. The molecule has 1 aromatic carbocycles. The summed E-state index contributed by atoms with van der Waals surface area (Å²) in [5, 5.41) is 0. The third kappa shape index (κ3) is 4.45. The molecule has 1 rings (SSSR count). The molecule has 1 atom stereocenters. The molecule has 0 saturated carbocycles. The second kappa shape index (κ2) is 6.59. The molecule has 0 aliphatic heterocycles. The molecule has 2 heteroatoms. The fraction of sp³-hybridized carbons (Fsp3) is 0.538. The zero-order valence-corrected chi connectivity index (χ0v) is 9.82. The molecule has 0 heterocycles. The summed E-state index contributed by atoms with van der Waals surface area (Å²) in [4.78, 5) is 2.32. The molecular formula is C13H22N2. The van der Waals surface area contributed by atoms with E-state index in [4.69, 9.17) is 5.73 Å². The summed E-state index contributed by atoms with van der Waals surface area (Å²) >= 11 is 0. The molecular weight excluding hydrogens is 184 g/mol. The van der Waals surface area contributed by atoms with Crippen LogP contribution in [0.3, 0.4) is 0 Å². The summed E-state index contributed by atoms with van der Waals surface area (Å²) in [7, 11) is 2.14. The average Bonchev–Trinajstić information content (AvgIpc) is 2.27. The van der Waals surface area contributed by atoms with Gasteiger partial charge in [-0.3, -0.25) is 0 Å². The molecule has 0 saturated heterocycles. The minimum absolute atomic E-state index is 0.605. The van der Waals surface area contributed by atoms with Crippen molar-refractivity contribution in [3.8, 4) is 0 Å². The minimum Gasteiger partial charge on any atom is -0.329 e. The number of nitrogens with two attached hydrogens (primary N) is 1. The number of hydrogen-bond acceptors (Lipinski definition) is 2. The monoisotopic (exact) mass is 206 g/mol. The Kier molecular flexibility index (Phi) is 5.37. The van der Waals surface area contributed by atoms with Crippen molar-refractivity contribution in [1.82, 2.24) is 4.90 Å². The lowest BCUT2D eigenvalue weighted by Gasteiger charge is -2.23. The lowest BCUT2D eigenvalue weighted by Crippen LogP contribution is -2.33. The highest BCUT2D eigenvalue weighted by Crippen LogP contribution is 2.07. The van der Waals surface area contributed by atoms with Crippen molar-refractivity contribution in [3.05, 3.63) is 35.9 Å². The normalized spacial score (nSPS) is 13.1. The van der Waals surface area contributed by atoms with E-state index < -0.39 is 0 Å². The van der Waals surface area contributed by atoms with Gasteiger partial charge in [-0.15, -0.1) is 0 Å². The molecule has 0 spiro atoms. The third-order valence-electron chi connectivity index (χ3n) is 2.93. The summed E-state index contributed by atoms with van der Waals surface area (Å²) in [5.74, 6) is 0. The molecule has 0 aliphatic carbocycles. The Morgan fingerprint density at radius 2 is 1.93 bits per heavy atom. The molecule has 0 fully saturated rings. The van der Waals surface area contributed by atoms with E-state index in [0.717, 1.165) is 19.5 Å². The van der Waals surface area contributed by atoms with Gasteiger partial charge < -0.3 is 10.6 Å². The molecule has 84 valence electrons. The van der Waals surface area contributed by atoms with Crippen molar-refractivity contribution in [2.45, 2.75) is 25.8 Å². The van der Waals surface area contributed by atoms with E-state index in [1.807, 2.05) is 0 Å². The van der Waals surface area contributed by atoms with Crippen molar-refractivity contribution in [2.24, 2.45) is 5.73 Å². The second-order valence-corrected chi connectivity index (χ2v) is 4.14. The van der Waals surface area contributed by atoms with Gasteiger partial charge in [0.1, 0.15) is 0 Å². The number of aryl methyl sites for hydroxylation is 1. The summed E-state index contributed by atoms with van der Waals surface area (Å²) in [6, 6.07) is 11.3. The van der Waals surface area contributed by atoms with Crippen LogP contribution in [-0.2, 0) is 6.42 Å². The Hall–Kier alpha value is -0.860. The standard InChI is InChI=1S/C13H22N2/c1-12(15(2)11-10-14)8-9-13-6-4-3-5-7-13/h3-7,12H,8-11,14H2,1-2H3. The predicted molar refractivity (Wildman–Crippen MR) is 65.9 cm³/mol. The van der Waals surface area contributed by atoms with Gasteiger partial charge in [0, 0.05) is 19.1 Å². The van der Waals surface area contributed by atoms with E-state index in [1.165, 1.54) is 12.0 Å². The molecule has 0 radical (unpaired) electrons. The number of benzene rings is 1. The lowest BCUT2D eigenvalue weighted by molar-refractivity contribution is 0.253. The maximum atomic E-state index is 5.53. The van der Waals surface area contributed by atoms with Crippen LogP contribution in [0.5, 0.6) is 0 Å². The van der Waals surface area contributed by atoms with E-state index in [2.05, 4.69) is 49.2 Å². The minimum atomic E-state index is 0.605. The van der Waals surface area contributed by atoms with Crippen LogP contribution >= 0.6 is 0 Å².